The normalized spacial score (nSPS) is 16.1. The molecule has 0 saturated carbocycles. The van der Waals surface area contributed by atoms with Gasteiger partial charge in [0, 0.05) is 29.6 Å². The number of carbonyl (C=O) groups is 1. The first kappa shape index (κ1) is 18.7. The summed E-state index contributed by atoms with van der Waals surface area (Å²) in [6.45, 7) is 4.91. The number of fused-ring (bicyclic) bond motifs is 1. The van der Waals surface area contributed by atoms with Gasteiger partial charge in [-0.3, -0.25) is 9.89 Å². The van der Waals surface area contributed by atoms with E-state index in [0.717, 1.165) is 43.6 Å². The largest absolute Gasteiger partial charge is 0.466 e. The SMILES string of the molecule is CCOC(=O)CCN1CCC(c2[nH]nc3cc(F)ccc23)CC1.Cl. The molecule has 7 heteroatoms. The molecule has 0 bridgehead atoms. The summed E-state index contributed by atoms with van der Waals surface area (Å²) in [5.41, 5.74) is 1.79. The van der Waals surface area contributed by atoms with E-state index in [1.165, 1.54) is 12.1 Å². The zero-order valence-corrected chi connectivity index (χ0v) is 14.6. The highest BCUT2D eigenvalue weighted by molar-refractivity contribution is 5.85. The van der Waals surface area contributed by atoms with Gasteiger partial charge in [-0.15, -0.1) is 12.4 Å². The van der Waals surface area contributed by atoms with Crippen LogP contribution >= 0.6 is 12.4 Å². The average Bonchev–Trinajstić information content (AvgIpc) is 2.96. The summed E-state index contributed by atoms with van der Waals surface area (Å²) in [5, 5.41) is 8.31. The lowest BCUT2D eigenvalue weighted by Gasteiger charge is -2.31. The van der Waals surface area contributed by atoms with Crippen molar-refractivity contribution in [1.29, 1.82) is 0 Å². The van der Waals surface area contributed by atoms with E-state index in [2.05, 4.69) is 15.1 Å². The van der Waals surface area contributed by atoms with Crippen molar-refractivity contribution in [2.45, 2.75) is 32.1 Å². The Morgan fingerprint density at radius 3 is 2.88 bits per heavy atom. The number of rotatable bonds is 5. The van der Waals surface area contributed by atoms with E-state index in [1.807, 2.05) is 6.92 Å². The van der Waals surface area contributed by atoms with Gasteiger partial charge in [0.25, 0.3) is 0 Å². The minimum atomic E-state index is -0.260. The molecule has 2 heterocycles. The molecule has 0 atom stereocenters. The number of H-pyrrole nitrogens is 1. The van der Waals surface area contributed by atoms with Crippen LogP contribution in [0.1, 0.15) is 37.8 Å². The van der Waals surface area contributed by atoms with Crippen molar-refractivity contribution in [1.82, 2.24) is 15.1 Å². The van der Waals surface area contributed by atoms with E-state index in [4.69, 9.17) is 4.74 Å². The summed E-state index contributed by atoms with van der Waals surface area (Å²) in [6, 6.07) is 4.75. The molecule has 1 fully saturated rings. The molecule has 132 valence electrons. The minimum absolute atomic E-state index is 0. The van der Waals surface area contributed by atoms with Crippen LogP contribution in [0.5, 0.6) is 0 Å². The first-order chi connectivity index (χ1) is 11.2. The summed E-state index contributed by atoms with van der Waals surface area (Å²) in [6.07, 6.45) is 2.47. The number of esters is 1. The Balaban J connectivity index is 0.00000208. The fourth-order valence-electron chi connectivity index (χ4n) is 3.24. The highest BCUT2D eigenvalue weighted by Crippen LogP contribution is 2.31. The molecule has 2 aromatic rings. The predicted molar refractivity (Wildman–Crippen MR) is 93.0 cm³/mol. The van der Waals surface area contributed by atoms with Crippen molar-refractivity contribution in [3.63, 3.8) is 0 Å². The summed E-state index contributed by atoms with van der Waals surface area (Å²) in [5.74, 6) is 0.0184. The fraction of sp³-hybridized carbons (Fsp3) is 0.529. The van der Waals surface area contributed by atoms with Crippen LogP contribution in [-0.2, 0) is 9.53 Å². The van der Waals surface area contributed by atoms with Crippen LogP contribution in [0.15, 0.2) is 18.2 Å². The minimum Gasteiger partial charge on any atom is -0.466 e. The Hall–Kier alpha value is -1.66. The standard InChI is InChI=1S/C17H22FN3O2.ClH/c1-2-23-16(22)7-10-21-8-5-12(6-9-21)17-14-4-3-13(18)11-15(14)19-20-17;/h3-4,11-12H,2,5-10H2,1H3,(H,19,20);1H. The zero-order chi connectivity index (χ0) is 16.2. The second-order valence-electron chi connectivity index (χ2n) is 5.97. The highest BCUT2D eigenvalue weighted by Gasteiger charge is 2.24. The molecule has 0 radical (unpaired) electrons. The molecule has 0 unspecified atom stereocenters. The van der Waals surface area contributed by atoms with Crippen LogP contribution in [0.2, 0.25) is 0 Å². The number of hydrogen-bond donors (Lipinski definition) is 1. The quantitative estimate of drug-likeness (QED) is 0.836. The summed E-state index contributed by atoms with van der Waals surface area (Å²) in [4.78, 5) is 13.7. The summed E-state index contributed by atoms with van der Waals surface area (Å²) in [7, 11) is 0. The lowest BCUT2D eigenvalue weighted by Crippen LogP contribution is -2.34. The van der Waals surface area contributed by atoms with Crippen molar-refractivity contribution in [3.05, 3.63) is 29.7 Å². The van der Waals surface area contributed by atoms with Crippen LogP contribution in [0.4, 0.5) is 4.39 Å². The summed E-state index contributed by atoms with van der Waals surface area (Å²) < 4.78 is 18.2. The molecule has 3 rings (SSSR count). The van der Waals surface area contributed by atoms with E-state index < -0.39 is 0 Å². The number of nitrogens with one attached hydrogen (secondary N) is 1. The number of halogens is 2. The molecule has 1 aromatic heterocycles. The number of nitrogens with zero attached hydrogens (tertiary/aromatic N) is 2. The smallest absolute Gasteiger partial charge is 0.307 e. The molecule has 1 N–H and O–H groups in total. The first-order valence-electron chi connectivity index (χ1n) is 8.19. The Morgan fingerprint density at radius 1 is 1.42 bits per heavy atom. The topological polar surface area (TPSA) is 58.2 Å². The molecular weight excluding hydrogens is 333 g/mol. The van der Waals surface area contributed by atoms with Crippen molar-refractivity contribution < 1.29 is 13.9 Å². The van der Waals surface area contributed by atoms with E-state index in [9.17, 15) is 9.18 Å². The van der Waals surface area contributed by atoms with E-state index in [-0.39, 0.29) is 24.2 Å². The Kier molecular flexibility index (Phi) is 6.57. The van der Waals surface area contributed by atoms with Gasteiger partial charge < -0.3 is 9.64 Å². The Labute approximate surface area is 147 Å². The van der Waals surface area contributed by atoms with Gasteiger partial charge in [-0.25, -0.2) is 4.39 Å². The number of aromatic nitrogens is 2. The number of carbonyl (C=O) groups excluding carboxylic acids is 1. The van der Waals surface area contributed by atoms with Crippen LogP contribution in [0.3, 0.4) is 0 Å². The van der Waals surface area contributed by atoms with Crippen LogP contribution in [0, 0.1) is 5.82 Å². The van der Waals surface area contributed by atoms with Crippen LogP contribution < -0.4 is 0 Å². The molecule has 1 aromatic carbocycles. The van der Waals surface area contributed by atoms with Gasteiger partial charge >= 0.3 is 5.97 Å². The Bertz CT molecular complexity index is 684. The van der Waals surface area contributed by atoms with Crippen molar-refractivity contribution in [2.24, 2.45) is 0 Å². The second kappa shape index (κ2) is 8.44. The molecule has 0 amide bonds. The first-order valence-corrected chi connectivity index (χ1v) is 8.19. The maximum absolute atomic E-state index is 13.2. The fourth-order valence-corrected chi connectivity index (χ4v) is 3.24. The number of ether oxygens (including phenoxy) is 1. The van der Waals surface area contributed by atoms with Gasteiger partial charge in [-0.05, 0) is 45.0 Å². The van der Waals surface area contributed by atoms with Crippen LogP contribution in [0.25, 0.3) is 10.9 Å². The van der Waals surface area contributed by atoms with E-state index >= 15 is 0 Å². The van der Waals surface area contributed by atoms with Crippen molar-refractivity contribution in [2.75, 3.05) is 26.2 Å². The van der Waals surface area contributed by atoms with Crippen molar-refractivity contribution in [3.8, 4) is 0 Å². The predicted octanol–water partition coefficient (Wildman–Crippen LogP) is 3.26. The third-order valence-corrected chi connectivity index (χ3v) is 4.48. The van der Waals surface area contributed by atoms with Gasteiger partial charge in [0.15, 0.2) is 0 Å². The summed E-state index contributed by atoms with van der Waals surface area (Å²) >= 11 is 0. The molecule has 0 aliphatic carbocycles. The molecule has 0 spiro atoms. The number of hydrogen-bond acceptors (Lipinski definition) is 4. The molecular formula is C17H23ClFN3O2. The maximum atomic E-state index is 13.2. The van der Waals surface area contributed by atoms with Crippen molar-refractivity contribution >= 4 is 29.3 Å². The van der Waals surface area contributed by atoms with Gasteiger partial charge in [-0.2, -0.15) is 5.10 Å². The second-order valence-corrected chi connectivity index (χ2v) is 5.97. The molecule has 5 nitrogen and oxygen atoms in total. The number of aromatic amines is 1. The lowest BCUT2D eigenvalue weighted by molar-refractivity contribution is -0.143. The van der Waals surface area contributed by atoms with E-state index in [1.54, 1.807) is 6.07 Å². The molecule has 24 heavy (non-hydrogen) atoms. The third kappa shape index (κ3) is 4.24. The number of likely N-dealkylation sites (tertiary alicyclic amines) is 1. The number of benzene rings is 1. The molecule has 1 aliphatic rings. The Morgan fingerprint density at radius 2 is 2.17 bits per heavy atom. The molecule has 1 aliphatic heterocycles. The lowest BCUT2D eigenvalue weighted by atomic mass is 9.91. The number of piperidine rings is 1. The van der Waals surface area contributed by atoms with Crippen LogP contribution in [-0.4, -0.2) is 47.3 Å². The molecule has 1 saturated heterocycles. The van der Waals surface area contributed by atoms with E-state index in [0.29, 0.717) is 24.5 Å². The van der Waals surface area contributed by atoms with Gasteiger partial charge in [-0.1, -0.05) is 0 Å². The van der Waals surface area contributed by atoms with Gasteiger partial charge in [0.2, 0.25) is 0 Å². The average molecular weight is 356 g/mol. The highest BCUT2D eigenvalue weighted by atomic mass is 35.5. The monoisotopic (exact) mass is 355 g/mol. The zero-order valence-electron chi connectivity index (χ0n) is 13.8. The third-order valence-electron chi connectivity index (χ3n) is 4.48. The van der Waals surface area contributed by atoms with Gasteiger partial charge in [0.1, 0.15) is 5.82 Å². The van der Waals surface area contributed by atoms with Gasteiger partial charge in [0.05, 0.1) is 18.5 Å². The maximum Gasteiger partial charge on any atom is 0.307 e.